The lowest BCUT2D eigenvalue weighted by atomic mass is 10.0. The zero-order valence-electron chi connectivity index (χ0n) is 68.2. The van der Waals surface area contributed by atoms with Crippen molar-refractivity contribution in [1.29, 1.82) is 0 Å². The highest BCUT2D eigenvalue weighted by atomic mass is 31.2. The van der Waals surface area contributed by atoms with Gasteiger partial charge in [0.05, 0.1) is 26.4 Å². The molecule has 19 heteroatoms. The van der Waals surface area contributed by atoms with Gasteiger partial charge in [0.25, 0.3) is 0 Å². The highest BCUT2D eigenvalue weighted by Gasteiger charge is 2.30. The Kier molecular flexibility index (Phi) is 76.3. The molecule has 0 aromatic rings. The third kappa shape index (κ3) is 78.2. The lowest BCUT2D eigenvalue weighted by Crippen LogP contribution is -2.30. The first-order valence-corrected chi connectivity index (χ1v) is 47.1. The van der Waals surface area contributed by atoms with Crippen molar-refractivity contribution in [3.63, 3.8) is 0 Å². The van der Waals surface area contributed by atoms with Gasteiger partial charge in [-0.25, -0.2) is 9.13 Å². The number of aliphatic hydroxyl groups excluding tert-OH is 1. The summed E-state index contributed by atoms with van der Waals surface area (Å²) in [6, 6.07) is 0. The fraction of sp³-hybridized carbons (Fsp3) is 0.953. The zero-order chi connectivity index (χ0) is 76.2. The maximum Gasteiger partial charge on any atom is 0.472 e. The van der Waals surface area contributed by atoms with E-state index in [0.29, 0.717) is 25.7 Å². The molecule has 0 aliphatic carbocycles. The van der Waals surface area contributed by atoms with E-state index in [1.165, 1.54) is 283 Å². The molecule has 0 rings (SSSR count). The molecule has 104 heavy (non-hydrogen) atoms. The maximum absolute atomic E-state index is 13.1. The second-order valence-corrected chi connectivity index (χ2v) is 34.0. The lowest BCUT2D eigenvalue weighted by molar-refractivity contribution is -0.161. The van der Waals surface area contributed by atoms with Crippen LogP contribution in [0.5, 0.6) is 0 Å². The molecule has 0 aromatic heterocycles. The Bertz CT molecular complexity index is 1980. The van der Waals surface area contributed by atoms with Crippen molar-refractivity contribution in [2.45, 2.75) is 477 Å². The van der Waals surface area contributed by atoms with E-state index in [9.17, 15) is 43.2 Å². The molecule has 0 fully saturated rings. The smallest absolute Gasteiger partial charge is 0.462 e. The molecule has 0 radical (unpaired) electrons. The van der Waals surface area contributed by atoms with Gasteiger partial charge in [0, 0.05) is 25.7 Å². The number of phosphoric ester groups is 2. The first-order valence-electron chi connectivity index (χ1n) is 44.1. The van der Waals surface area contributed by atoms with Gasteiger partial charge in [-0.1, -0.05) is 407 Å². The molecule has 0 bridgehead atoms. The van der Waals surface area contributed by atoms with Crippen molar-refractivity contribution in [3.8, 4) is 0 Å². The molecule has 0 amide bonds. The quantitative estimate of drug-likeness (QED) is 0.0222. The standard InChI is InChI=1S/C85H166O17P2/c1-6-9-12-15-18-21-24-26-28-30-31-36-39-44-49-54-59-64-69-83(88)96-75-81(102-85(90)71-66-61-56-51-46-41-37-33-32-34-38-43-47-52-57-62-67-78(4)5)77-100-104(93,94)98-73-79(86)72-97-103(91,92)99-76-80(74-95-82(87)68-63-58-53-48-42-23-20-17-14-11-8-3)101-84(89)70-65-60-55-50-45-40-35-29-27-25-22-19-16-13-10-7-2/h78-81,86H,6-77H2,1-5H3,(H,91,92)(H,93,94)/t79-,80+,81+/m0/s1. The van der Waals surface area contributed by atoms with Crippen LogP contribution < -0.4 is 0 Å². The fourth-order valence-electron chi connectivity index (χ4n) is 13.3. The number of rotatable bonds is 85. The van der Waals surface area contributed by atoms with Crippen molar-refractivity contribution in [2.75, 3.05) is 39.6 Å². The van der Waals surface area contributed by atoms with E-state index in [0.717, 1.165) is 95.8 Å². The molecule has 3 N–H and O–H groups in total. The summed E-state index contributed by atoms with van der Waals surface area (Å²) in [5.74, 6) is -1.29. The van der Waals surface area contributed by atoms with Crippen LogP contribution in [0.3, 0.4) is 0 Å². The SMILES string of the molecule is CCCCCCCCCCCCCCCCCCCCC(=O)OC[C@H](COP(=O)(O)OC[C@@H](O)COP(=O)(O)OC[C@@H](COC(=O)CCCCCCCCCCCCC)OC(=O)CCCCCCCCCCCCCCCCCC)OC(=O)CCCCCCCCCCCCCCCCCCC(C)C. The minimum absolute atomic E-state index is 0.109. The van der Waals surface area contributed by atoms with E-state index in [4.69, 9.17) is 37.0 Å². The second-order valence-electron chi connectivity index (χ2n) is 31.1. The Morgan fingerprint density at radius 2 is 0.442 bits per heavy atom. The summed E-state index contributed by atoms with van der Waals surface area (Å²) >= 11 is 0. The number of hydrogen-bond donors (Lipinski definition) is 3. The molecule has 0 saturated heterocycles. The van der Waals surface area contributed by atoms with Crippen LogP contribution in [0.4, 0.5) is 0 Å². The monoisotopic (exact) mass is 1520 g/mol. The number of esters is 4. The van der Waals surface area contributed by atoms with Crippen molar-refractivity contribution >= 4 is 39.5 Å². The van der Waals surface area contributed by atoms with Gasteiger partial charge < -0.3 is 33.8 Å². The van der Waals surface area contributed by atoms with Gasteiger partial charge in [0.15, 0.2) is 12.2 Å². The number of phosphoric acid groups is 2. The highest BCUT2D eigenvalue weighted by molar-refractivity contribution is 7.47. The summed E-state index contributed by atoms with van der Waals surface area (Å²) in [6.07, 6.45) is 70.7. The molecule has 0 heterocycles. The Morgan fingerprint density at radius 1 is 0.260 bits per heavy atom. The zero-order valence-corrected chi connectivity index (χ0v) is 70.0. The summed E-state index contributed by atoms with van der Waals surface area (Å²) in [6.45, 7) is 7.39. The van der Waals surface area contributed by atoms with Crippen LogP contribution in [0.2, 0.25) is 0 Å². The average Bonchev–Trinajstić information content (AvgIpc) is 0.916. The van der Waals surface area contributed by atoms with Gasteiger partial charge in [-0.3, -0.25) is 37.3 Å². The number of unbranched alkanes of at least 4 members (excludes halogenated alkanes) is 57. The van der Waals surface area contributed by atoms with E-state index in [-0.39, 0.29) is 25.7 Å². The second kappa shape index (κ2) is 77.8. The number of aliphatic hydroxyl groups is 1. The summed E-state index contributed by atoms with van der Waals surface area (Å²) in [4.78, 5) is 73.2. The summed E-state index contributed by atoms with van der Waals surface area (Å²) < 4.78 is 68.9. The van der Waals surface area contributed by atoms with Gasteiger partial charge in [0.1, 0.15) is 19.3 Å². The summed E-state index contributed by atoms with van der Waals surface area (Å²) in [5.41, 5.74) is 0. The molecular formula is C85H166O17P2. The summed E-state index contributed by atoms with van der Waals surface area (Å²) in [5, 5.41) is 10.7. The molecule has 0 aliphatic rings. The van der Waals surface area contributed by atoms with Gasteiger partial charge >= 0.3 is 39.5 Å². The number of carbonyl (C=O) groups excluding carboxylic acids is 4. The normalized spacial score (nSPS) is 13.8. The largest absolute Gasteiger partial charge is 0.472 e. The van der Waals surface area contributed by atoms with Crippen molar-refractivity contribution in [2.24, 2.45) is 5.92 Å². The van der Waals surface area contributed by atoms with E-state index >= 15 is 0 Å². The molecule has 0 aliphatic heterocycles. The van der Waals surface area contributed by atoms with Crippen LogP contribution in [0.25, 0.3) is 0 Å². The van der Waals surface area contributed by atoms with Crippen molar-refractivity contribution < 1.29 is 80.2 Å². The third-order valence-corrected chi connectivity index (χ3v) is 21.9. The molecular weight excluding hydrogens is 1350 g/mol. The van der Waals surface area contributed by atoms with Gasteiger partial charge in [-0.2, -0.15) is 0 Å². The van der Waals surface area contributed by atoms with Crippen LogP contribution in [-0.2, 0) is 65.4 Å². The van der Waals surface area contributed by atoms with Crippen LogP contribution >= 0.6 is 15.6 Å². The van der Waals surface area contributed by atoms with Crippen LogP contribution in [0, 0.1) is 5.92 Å². The lowest BCUT2D eigenvalue weighted by Gasteiger charge is -2.21. The van der Waals surface area contributed by atoms with Crippen molar-refractivity contribution in [1.82, 2.24) is 0 Å². The Labute approximate surface area is 638 Å². The topological polar surface area (TPSA) is 237 Å². The molecule has 0 saturated carbocycles. The first-order chi connectivity index (χ1) is 50.5. The van der Waals surface area contributed by atoms with Gasteiger partial charge in [-0.15, -0.1) is 0 Å². The third-order valence-electron chi connectivity index (χ3n) is 20.0. The van der Waals surface area contributed by atoms with Gasteiger partial charge in [0.2, 0.25) is 0 Å². The number of carbonyl (C=O) groups is 4. The number of hydrogen-bond acceptors (Lipinski definition) is 15. The highest BCUT2D eigenvalue weighted by Crippen LogP contribution is 2.45. The van der Waals surface area contributed by atoms with Crippen LogP contribution in [0.1, 0.15) is 458 Å². The van der Waals surface area contributed by atoms with Crippen LogP contribution in [0.15, 0.2) is 0 Å². The molecule has 2 unspecified atom stereocenters. The number of ether oxygens (including phenoxy) is 4. The minimum atomic E-state index is -4.96. The Balaban J connectivity index is 5.24. The van der Waals surface area contributed by atoms with E-state index in [1.54, 1.807) is 0 Å². The fourth-order valence-corrected chi connectivity index (χ4v) is 14.9. The minimum Gasteiger partial charge on any atom is -0.462 e. The molecule has 17 nitrogen and oxygen atoms in total. The Morgan fingerprint density at radius 3 is 0.654 bits per heavy atom. The van der Waals surface area contributed by atoms with Crippen molar-refractivity contribution in [3.05, 3.63) is 0 Å². The maximum atomic E-state index is 13.1. The molecule has 618 valence electrons. The predicted molar refractivity (Wildman–Crippen MR) is 428 cm³/mol. The van der Waals surface area contributed by atoms with E-state index in [2.05, 4.69) is 34.6 Å². The van der Waals surface area contributed by atoms with E-state index in [1.807, 2.05) is 0 Å². The predicted octanol–water partition coefficient (Wildman–Crippen LogP) is 26.0. The molecule has 5 atom stereocenters. The first kappa shape index (κ1) is 102. The van der Waals surface area contributed by atoms with Gasteiger partial charge in [-0.05, 0) is 31.6 Å². The molecule has 0 spiro atoms. The molecule has 0 aromatic carbocycles. The Hall–Kier alpha value is -1.94. The average molecular weight is 1520 g/mol. The van der Waals surface area contributed by atoms with Crippen LogP contribution in [-0.4, -0.2) is 96.7 Å². The van der Waals surface area contributed by atoms with E-state index < -0.39 is 97.5 Å². The summed E-state index contributed by atoms with van der Waals surface area (Å²) in [7, 11) is -9.92.